The van der Waals surface area contributed by atoms with E-state index in [9.17, 15) is 8.42 Å². The zero-order chi connectivity index (χ0) is 15.2. The highest BCUT2D eigenvalue weighted by Gasteiger charge is 2.45. The lowest BCUT2D eigenvalue weighted by Crippen LogP contribution is -2.33. The molecule has 0 aromatic carbocycles. The second-order valence-electron chi connectivity index (χ2n) is 6.79. The summed E-state index contributed by atoms with van der Waals surface area (Å²) in [7, 11) is -3.47. The Morgan fingerprint density at radius 3 is 2.81 bits per heavy atom. The van der Waals surface area contributed by atoms with Gasteiger partial charge in [-0.05, 0) is 30.6 Å². The Morgan fingerprint density at radius 1 is 1.38 bits per heavy atom. The molecule has 1 aliphatic heterocycles. The molecule has 0 spiro atoms. The smallest absolute Gasteiger partial charge is 0.262 e. The summed E-state index contributed by atoms with van der Waals surface area (Å²) < 4.78 is 28.8. The molecule has 118 valence electrons. The largest absolute Gasteiger partial charge is 0.336 e. The Hall–Kier alpha value is -0.920. The molecule has 0 amide bonds. The van der Waals surface area contributed by atoms with Gasteiger partial charge in [0.05, 0.1) is 6.33 Å². The Morgan fingerprint density at radius 2 is 2.14 bits per heavy atom. The second-order valence-corrected chi connectivity index (χ2v) is 8.67. The summed E-state index contributed by atoms with van der Waals surface area (Å²) in [4.78, 5) is 4.10. The molecule has 7 heteroatoms. The summed E-state index contributed by atoms with van der Waals surface area (Å²) >= 11 is 0. The van der Waals surface area contributed by atoms with E-state index in [1.54, 1.807) is 16.8 Å². The predicted octanol–water partition coefficient (Wildman–Crippen LogP) is 0.897. The van der Waals surface area contributed by atoms with Crippen molar-refractivity contribution in [1.82, 2.24) is 13.9 Å². The fourth-order valence-corrected chi connectivity index (χ4v) is 5.06. The first-order valence-electron chi connectivity index (χ1n) is 7.65. The van der Waals surface area contributed by atoms with Gasteiger partial charge >= 0.3 is 0 Å². The van der Waals surface area contributed by atoms with E-state index < -0.39 is 10.0 Å². The van der Waals surface area contributed by atoms with Crippen LogP contribution in [-0.4, -0.2) is 41.4 Å². The molecule has 1 saturated carbocycles. The third kappa shape index (κ3) is 2.74. The second kappa shape index (κ2) is 5.37. The SMILES string of the molecule is CC(C)Cn1cnc(S(=O)(=O)N2CC3CCC(N)C3C2)c1. The Labute approximate surface area is 126 Å². The Bertz CT molecular complexity index is 610. The van der Waals surface area contributed by atoms with E-state index in [0.717, 1.165) is 19.4 Å². The summed E-state index contributed by atoms with van der Waals surface area (Å²) in [5.41, 5.74) is 6.08. The van der Waals surface area contributed by atoms with Crippen molar-refractivity contribution in [2.45, 2.75) is 44.3 Å². The van der Waals surface area contributed by atoms with Gasteiger partial charge in [-0.3, -0.25) is 0 Å². The Kier molecular flexibility index (Phi) is 3.83. The van der Waals surface area contributed by atoms with E-state index in [1.165, 1.54) is 0 Å². The van der Waals surface area contributed by atoms with Crippen LogP contribution in [0.5, 0.6) is 0 Å². The van der Waals surface area contributed by atoms with Crippen LogP contribution in [0.25, 0.3) is 0 Å². The van der Waals surface area contributed by atoms with Crippen molar-refractivity contribution >= 4 is 10.0 Å². The van der Waals surface area contributed by atoms with E-state index >= 15 is 0 Å². The number of nitrogens with zero attached hydrogens (tertiary/aromatic N) is 3. The van der Waals surface area contributed by atoms with Crippen molar-refractivity contribution in [3.63, 3.8) is 0 Å². The number of hydrogen-bond donors (Lipinski definition) is 1. The van der Waals surface area contributed by atoms with Crippen LogP contribution in [-0.2, 0) is 16.6 Å². The minimum absolute atomic E-state index is 0.147. The first kappa shape index (κ1) is 15.0. The molecule has 1 aromatic heterocycles. The highest BCUT2D eigenvalue weighted by atomic mass is 32.2. The van der Waals surface area contributed by atoms with Crippen LogP contribution in [0, 0.1) is 17.8 Å². The molecule has 2 fully saturated rings. The predicted molar refractivity (Wildman–Crippen MR) is 80.0 cm³/mol. The number of nitrogens with two attached hydrogens (primary N) is 1. The third-order valence-electron chi connectivity index (χ3n) is 4.67. The molecular formula is C14H24N4O2S. The summed E-state index contributed by atoms with van der Waals surface area (Å²) in [6, 6.07) is 0.147. The molecule has 2 aliphatic rings. The van der Waals surface area contributed by atoms with Gasteiger partial charge in [0.1, 0.15) is 0 Å². The maximum atomic E-state index is 12.7. The van der Waals surface area contributed by atoms with E-state index in [2.05, 4.69) is 18.8 Å². The summed E-state index contributed by atoms with van der Waals surface area (Å²) in [5.74, 6) is 1.20. The standard InChI is InChI=1S/C14H24N4O2S/c1-10(2)5-17-8-14(16-9-17)21(19,20)18-6-11-3-4-13(15)12(11)7-18/h8-13H,3-7,15H2,1-2H3. The highest BCUT2D eigenvalue weighted by molar-refractivity contribution is 7.89. The molecule has 3 unspecified atom stereocenters. The van der Waals surface area contributed by atoms with Gasteiger partial charge in [0, 0.05) is 31.9 Å². The van der Waals surface area contributed by atoms with E-state index in [1.807, 2.05) is 4.57 Å². The number of hydrogen-bond acceptors (Lipinski definition) is 4. The number of rotatable bonds is 4. The number of fused-ring (bicyclic) bond motifs is 1. The van der Waals surface area contributed by atoms with Gasteiger partial charge in [0.15, 0.2) is 5.03 Å². The van der Waals surface area contributed by atoms with Crippen LogP contribution in [0.15, 0.2) is 17.6 Å². The van der Waals surface area contributed by atoms with Crippen molar-refractivity contribution in [3.8, 4) is 0 Å². The van der Waals surface area contributed by atoms with Gasteiger partial charge in [0.25, 0.3) is 10.0 Å². The monoisotopic (exact) mass is 312 g/mol. The number of aromatic nitrogens is 2. The Balaban J connectivity index is 1.77. The first-order chi connectivity index (χ1) is 9.88. The fraction of sp³-hybridized carbons (Fsp3) is 0.786. The van der Waals surface area contributed by atoms with Crippen molar-refractivity contribution in [2.75, 3.05) is 13.1 Å². The lowest BCUT2D eigenvalue weighted by Gasteiger charge is -2.17. The van der Waals surface area contributed by atoms with Gasteiger partial charge in [-0.1, -0.05) is 13.8 Å². The minimum Gasteiger partial charge on any atom is -0.336 e. The number of sulfonamides is 1. The quantitative estimate of drug-likeness (QED) is 0.895. The van der Waals surface area contributed by atoms with Gasteiger partial charge in [-0.2, -0.15) is 4.31 Å². The average Bonchev–Trinajstić information content (AvgIpc) is 3.06. The summed E-state index contributed by atoms with van der Waals surface area (Å²) in [5, 5.41) is 0.164. The van der Waals surface area contributed by atoms with Crippen molar-refractivity contribution < 1.29 is 8.42 Å². The maximum Gasteiger partial charge on any atom is 0.262 e. The molecule has 1 aromatic rings. The zero-order valence-electron chi connectivity index (χ0n) is 12.6. The van der Waals surface area contributed by atoms with Crippen LogP contribution >= 0.6 is 0 Å². The molecule has 1 aliphatic carbocycles. The lowest BCUT2D eigenvalue weighted by atomic mass is 9.98. The van der Waals surface area contributed by atoms with E-state index in [4.69, 9.17) is 5.73 Å². The van der Waals surface area contributed by atoms with Crippen molar-refractivity contribution in [1.29, 1.82) is 0 Å². The van der Waals surface area contributed by atoms with Gasteiger partial charge in [-0.15, -0.1) is 0 Å². The molecule has 6 nitrogen and oxygen atoms in total. The highest BCUT2D eigenvalue weighted by Crippen LogP contribution is 2.39. The topological polar surface area (TPSA) is 81.2 Å². The van der Waals surface area contributed by atoms with Crippen LogP contribution < -0.4 is 5.73 Å². The van der Waals surface area contributed by atoms with Crippen molar-refractivity contribution in [2.24, 2.45) is 23.5 Å². The summed E-state index contributed by atoms with van der Waals surface area (Å²) in [6.45, 7) is 6.11. The van der Waals surface area contributed by atoms with E-state index in [0.29, 0.717) is 30.8 Å². The molecule has 3 atom stereocenters. The van der Waals surface area contributed by atoms with Gasteiger partial charge in [0.2, 0.25) is 0 Å². The molecule has 0 radical (unpaired) electrons. The molecule has 3 rings (SSSR count). The lowest BCUT2D eigenvalue weighted by molar-refractivity contribution is 0.425. The minimum atomic E-state index is -3.47. The van der Waals surface area contributed by atoms with Crippen molar-refractivity contribution in [3.05, 3.63) is 12.5 Å². The molecule has 2 heterocycles. The summed E-state index contributed by atoms with van der Waals surface area (Å²) in [6.07, 6.45) is 5.31. The van der Waals surface area contributed by atoms with Crippen LogP contribution in [0.3, 0.4) is 0 Å². The molecule has 1 saturated heterocycles. The molecular weight excluding hydrogens is 288 g/mol. The number of imidazole rings is 1. The van der Waals surface area contributed by atoms with E-state index in [-0.39, 0.29) is 11.1 Å². The zero-order valence-corrected chi connectivity index (χ0v) is 13.5. The van der Waals surface area contributed by atoms with Gasteiger partial charge in [-0.25, -0.2) is 13.4 Å². The average molecular weight is 312 g/mol. The molecule has 0 bridgehead atoms. The normalized spacial score (nSPS) is 30.2. The molecule has 2 N–H and O–H groups in total. The fourth-order valence-electron chi connectivity index (χ4n) is 3.59. The maximum absolute atomic E-state index is 12.7. The van der Waals surface area contributed by atoms with Crippen LogP contribution in [0.2, 0.25) is 0 Å². The van der Waals surface area contributed by atoms with Crippen LogP contribution in [0.4, 0.5) is 0 Å². The first-order valence-corrected chi connectivity index (χ1v) is 9.09. The van der Waals surface area contributed by atoms with Gasteiger partial charge < -0.3 is 10.3 Å². The van der Waals surface area contributed by atoms with Crippen LogP contribution in [0.1, 0.15) is 26.7 Å². The molecule has 21 heavy (non-hydrogen) atoms. The third-order valence-corrected chi connectivity index (χ3v) is 6.39.